The molecule has 2 aliphatic heterocycles. The van der Waals surface area contributed by atoms with Gasteiger partial charge in [-0.1, -0.05) is 38.0 Å². The summed E-state index contributed by atoms with van der Waals surface area (Å²) in [4.78, 5) is 46.8. The molecule has 1 aromatic carbocycles. The Morgan fingerprint density at radius 2 is 1.69 bits per heavy atom. The van der Waals surface area contributed by atoms with Crippen molar-refractivity contribution in [2.24, 2.45) is 5.41 Å². The second-order valence-electron chi connectivity index (χ2n) is 15.9. The molecule has 1 N–H and O–H groups in total. The number of halogens is 6. The van der Waals surface area contributed by atoms with Crippen molar-refractivity contribution in [3.63, 3.8) is 0 Å². The Bertz CT molecular complexity index is 1980. The van der Waals surface area contributed by atoms with Crippen molar-refractivity contribution in [3.8, 4) is 11.5 Å². The predicted molar refractivity (Wildman–Crippen MR) is 205 cm³/mol. The van der Waals surface area contributed by atoms with Crippen LogP contribution < -0.4 is 9.47 Å². The van der Waals surface area contributed by atoms with Gasteiger partial charge in [-0.2, -0.15) is 26.3 Å². The number of hydrogen-bond acceptors (Lipinski definition) is 8. The molecule has 6 rings (SSSR count). The average Bonchev–Trinajstić information content (AvgIpc) is 3.67. The highest BCUT2D eigenvalue weighted by Crippen LogP contribution is 2.47. The zero-order valence-corrected chi connectivity index (χ0v) is 34.0. The highest BCUT2D eigenvalue weighted by atomic mass is 32.1. The first-order valence-electron chi connectivity index (χ1n) is 19.9. The predicted octanol–water partition coefficient (Wildman–Crippen LogP) is 9.37. The summed E-state index contributed by atoms with van der Waals surface area (Å²) < 4.78 is 103. The normalized spacial score (nSPS) is 22.3. The van der Waals surface area contributed by atoms with E-state index in [2.05, 4.69) is 4.98 Å². The quantitative estimate of drug-likeness (QED) is 0.160. The maximum Gasteiger partial charge on any atom is 0.425 e. The maximum absolute atomic E-state index is 15.1. The third-order valence-electron chi connectivity index (χ3n) is 12.3. The molecule has 17 heteroatoms. The Labute approximate surface area is 342 Å². The third kappa shape index (κ3) is 8.91. The molecular weight excluding hydrogens is 805 g/mol. The largest absolute Gasteiger partial charge is 0.490 e. The monoisotopic (exact) mass is 853 g/mol. The van der Waals surface area contributed by atoms with E-state index < -0.39 is 68.8 Å². The number of alkyl halides is 6. The number of methoxy groups -OCH3 is 1. The van der Waals surface area contributed by atoms with E-state index in [1.807, 2.05) is 31.2 Å². The van der Waals surface area contributed by atoms with Gasteiger partial charge in [-0.05, 0) is 70.4 Å². The second-order valence-corrected chi connectivity index (χ2v) is 16.8. The van der Waals surface area contributed by atoms with E-state index in [0.717, 1.165) is 35.8 Å². The maximum atomic E-state index is 15.1. The van der Waals surface area contributed by atoms with Crippen molar-refractivity contribution in [2.75, 3.05) is 26.7 Å². The van der Waals surface area contributed by atoms with E-state index in [-0.39, 0.29) is 63.6 Å². The van der Waals surface area contributed by atoms with E-state index in [0.29, 0.717) is 55.3 Å². The fourth-order valence-electron chi connectivity index (χ4n) is 8.90. The van der Waals surface area contributed by atoms with Crippen LogP contribution in [0.25, 0.3) is 0 Å². The molecule has 10 nitrogen and oxygen atoms in total. The van der Waals surface area contributed by atoms with Crippen LogP contribution in [0.2, 0.25) is 0 Å². The molecule has 0 radical (unpaired) electrons. The minimum atomic E-state index is -4.89. The minimum absolute atomic E-state index is 0.0136. The molecule has 3 atom stereocenters. The highest BCUT2D eigenvalue weighted by molar-refractivity contribution is 7.10. The summed E-state index contributed by atoms with van der Waals surface area (Å²) in [7, 11) is 1.56. The summed E-state index contributed by atoms with van der Waals surface area (Å²) in [6.45, 7) is 3.85. The fourth-order valence-corrected chi connectivity index (χ4v) is 9.58. The number of thiophene rings is 1. The van der Waals surface area contributed by atoms with Crippen molar-refractivity contribution < 1.29 is 60.0 Å². The van der Waals surface area contributed by atoms with Gasteiger partial charge in [0.25, 0.3) is 11.8 Å². The second kappa shape index (κ2) is 17.3. The minimum Gasteiger partial charge on any atom is -0.490 e. The molecule has 4 heterocycles. The number of carboxylic acid groups (broad SMARTS) is 1. The number of rotatable bonds is 14. The van der Waals surface area contributed by atoms with Crippen molar-refractivity contribution in [3.05, 3.63) is 75.7 Å². The molecule has 3 fully saturated rings. The Balaban J connectivity index is 1.29. The first kappa shape index (κ1) is 44.2. The summed E-state index contributed by atoms with van der Waals surface area (Å²) >= 11 is 0.386. The van der Waals surface area contributed by atoms with Gasteiger partial charge >= 0.3 is 18.3 Å². The zero-order chi connectivity index (χ0) is 42.8. The van der Waals surface area contributed by atoms with Crippen LogP contribution >= 0.6 is 11.3 Å². The van der Waals surface area contributed by atoms with Gasteiger partial charge in [0.2, 0.25) is 5.60 Å². The molecule has 0 bridgehead atoms. The number of aromatic nitrogens is 1. The number of aliphatic carboxylic acids is 1. The van der Waals surface area contributed by atoms with E-state index in [9.17, 15) is 41.0 Å². The summed E-state index contributed by atoms with van der Waals surface area (Å²) in [6.07, 6.45) is -3.87. The lowest BCUT2D eigenvalue weighted by Gasteiger charge is -2.51. The molecule has 3 aromatic rings. The molecule has 322 valence electrons. The highest BCUT2D eigenvalue weighted by Gasteiger charge is 2.57. The fraction of sp³-hybridized carbons (Fsp3) is 0.571. The van der Waals surface area contributed by atoms with Crippen LogP contribution in [0.4, 0.5) is 26.3 Å². The zero-order valence-electron chi connectivity index (χ0n) is 33.2. The molecule has 3 aliphatic rings. The SMILES string of the molecule is CCC[C@H]1N(C(=O)c2cnccc2C(F)(F)F)CCC[C@@]1(Oc1csc(C(F)(F)F)c1)C(=O)N1CCC(OC)(c2ccccc2O[C@H](C)CCC2(C(=O)O)CCC2)CC1. The lowest BCUT2D eigenvalue weighted by molar-refractivity contribution is -0.164. The van der Waals surface area contributed by atoms with Crippen molar-refractivity contribution >= 4 is 29.1 Å². The molecule has 1 saturated carbocycles. The van der Waals surface area contributed by atoms with Crippen LogP contribution in [-0.2, 0) is 32.3 Å². The Hall–Kier alpha value is -4.38. The van der Waals surface area contributed by atoms with Crippen LogP contribution in [0.15, 0.2) is 54.2 Å². The van der Waals surface area contributed by atoms with Crippen LogP contribution in [0.1, 0.15) is 111 Å². The average molecular weight is 854 g/mol. The van der Waals surface area contributed by atoms with Crippen LogP contribution in [0.3, 0.4) is 0 Å². The van der Waals surface area contributed by atoms with Crippen molar-refractivity contribution in [2.45, 2.75) is 120 Å². The molecule has 2 aromatic heterocycles. The number of hydrogen-bond donors (Lipinski definition) is 1. The van der Waals surface area contributed by atoms with Gasteiger partial charge in [0.15, 0.2) is 0 Å². The number of carbonyl (C=O) groups is 3. The van der Waals surface area contributed by atoms with E-state index >= 15 is 4.79 Å². The molecular formula is C42H49F6N3O7S. The summed E-state index contributed by atoms with van der Waals surface area (Å²) in [5.41, 5.74) is -4.78. The number of benzene rings is 1. The van der Waals surface area contributed by atoms with Crippen LogP contribution in [0, 0.1) is 5.41 Å². The molecule has 0 spiro atoms. The van der Waals surface area contributed by atoms with E-state index in [1.54, 1.807) is 14.0 Å². The number of piperidine rings is 2. The number of carbonyl (C=O) groups excluding carboxylic acids is 2. The smallest absolute Gasteiger partial charge is 0.425 e. The Morgan fingerprint density at radius 1 is 0.983 bits per heavy atom. The number of amides is 2. The van der Waals surface area contributed by atoms with Gasteiger partial charge in [-0.3, -0.25) is 19.4 Å². The van der Waals surface area contributed by atoms with Gasteiger partial charge in [0.05, 0.1) is 34.3 Å². The number of pyridine rings is 1. The number of carboxylic acids is 1. The summed E-state index contributed by atoms with van der Waals surface area (Å²) in [5.74, 6) is -2.09. The number of likely N-dealkylation sites (tertiary alicyclic amines) is 2. The third-order valence-corrected chi connectivity index (χ3v) is 13.3. The molecule has 1 aliphatic carbocycles. The van der Waals surface area contributed by atoms with Gasteiger partial charge in [-0.15, -0.1) is 11.3 Å². The van der Waals surface area contributed by atoms with Crippen LogP contribution in [0.5, 0.6) is 11.5 Å². The van der Waals surface area contributed by atoms with Gasteiger partial charge in [-0.25, -0.2) is 0 Å². The summed E-state index contributed by atoms with van der Waals surface area (Å²) in [6, 6.07) is 7.70. The first-order valence-corrected chi connectivity index (χ1v) is 20.8. The lowest BCUT2D eigenvalue weighted by Crippen LogP contribution is -2.68. The van der Waals surface area contributed by atoms with Gasteiger partial charge in [0.1, 0.15) is 16.4 Å². The lowest BCUT2D eigenvalue weighted by atomic mass is 9.66. The number of nitrogens with zero attached hydrogens (tertiary/aromatic N) is 3. The number of ether oxygens (including phenoxy) is 3. The Morgan fingerprint density at radius 3 is 2.29 bits per heavy atom. The molecule has 59 heavy (non-hydrogen) atoms. The first-order chi connectivity index (χ1) is 27.9. The molecule has 2 saturated heterocycles. The number of para-hydroxylation sites is 1. The standard InChI is InChI=1S/C42H49F6N3O7S/c1-4-9-33-40(58-28-24-34(59-26-28)42(46,47)48,16-8-21-51(33)35(52)29-25-49-20-13-30(29)41(43,44)45)36(53)50-22-18-39(56-3,19-23-50)31-10-5-6-11-32(31)57-27(2)12-17-38(37(54)55)14-7-15-38/h5-6,10-11,13,20,24-27,33H,4,7-9,12,14-19,21-23H2,1-3H3,(H,54,55)/t27-,33-,40+/m1/s1. The van der Waals surface area contributed by atoms with Gasteiger partial charge < -0.3 is 29.1 Å². The van der Waals surface area contributed by atoms with E-state index in [1.165, 1.54) is 9.80 Å². The van der Waals surface area contributed by atoms with Crippen molar-refractivity contribution in [1.29, 1.82) is 0 Å². The van der Waals surface area contributed by atoms with E-state index in [4.69, 9.17) is 14.2 Å². The molecule has 0 unspecified atom stereocenters. The van der Waals surface area contributed by atoms with Gasteiger partial charge in [0, 0.05) is 62.6 Å². The summed E-state index contributed by atoms with van der Waals surface area (Å²) in [5, 5.41) is 10.9. The topological polar surface area (TPSA) is 119 Å². The van der Waals surface area contributed by atoms with Crippen molar-refractivity contribution in [1.82, 2.24) is 14.8 Å². The molecule has 2 amide bonds. The Kier molecular flexibility index (Phi) is 13.0. The van der Waals surface area contributed by atoms with Crippen LogP contribution in [-0.4, -0.2) is 82.2 Å².